The number of amides is 1. The molecule has 4 bridgehead atoms. The first-order valence-electron chi connectivity index (χ1n) is 11.3. The molecule has 4 fully saturated rings. The maximum absolute atomic E-state index is 13.4. The lowest BCUT2D eigenvalue weighted by Gasteiger charge is -2.56. The van der Waals surface area contributed by atoms with Crippen molar-refractivity contribution >= 4 is 17.7 Å². The van der Waals surface area contributed by atoms with Gasteiger partial charge in [0.15, 0.2) is 5.16 Å². The van der Waals surface area contributed by atoms with Crippen LogP contribution in [0.5, 0.6) is 0 Å². The molecule has 2 aromatic rings. The molecular weight excluding hydrogens is 454 g/mol. The van der Waals surface area contributed by atoms with Gasteiger partial charge in [-0.2, -0.15) is 13.2 Å². The lowest BCUT2D eigenvalue weighted by atomic mass is 9.49. The smallest absolute Gasteiger partial charge is 0.355 e. The summed E-state index contributed by atoms with van der Waals surface area (Å²) in [6.45, 7) is 0.639. The van der Waals surface area contributed by atoms with E-state index in [1.54, 1.807) is 0 Å². The number of hydrogen-bond donors (Lipinski definition) is 1. The zero-order valence-electron chi connectivity index (χ0n) is 18.0. The molecule has 1 aromatic heterocycles. The molecule has 0 aliphatic heterocycles. The summed E-state index contributed by atoms with van der Waals surface area (Å²) >= 11 is 0.879. The number of hydrogen-bond acceptors (Lipinski definition) is 4. The van der Waals surface area contributed by atoms with Crippen molar-refractivity contribution in [2.45, 2.75) is 49.9 Å². The van der Waals surface area contributed by atoms with E-state index in [4.69, 9.17) is 0 Å². The van der Waals surface area contributed by atoms with Crippen molar-refractivity contribution in [3.63, 3.8) is 0 Å². The van der Waals surface area contributed by atoms with E-state index in [1.165, 1.54) is 50.7 Å². The SMILES string of the molecule is O=C(CSc1nc(-c2ccc(F)cc2)cc(C(F)(F)F)n1)NCC12CC3CC(CC(C3)C1)C2. The summed E-state index contributed by atoms with van der Waals surface area (Å²) < 4.78 is 53.3. The Bertz CT molecular complexity index is 1010. The van der Waals surface area contributed by atoms with E-state index in [9.17, 15) is 22.4 Å². The van der Waals surface area contributed by atoms with Gasteiger partial charge < -0.3 is 5.32 Å². The van der Waals surface area contributed by atoms with Crippen molar-refractivity contribution < 1.29 is 22.4 Å². The summed E-state index contributed by atoms with van der Waals surface area (Å²) in [7, 11) is 0. The van der Waals surface area contributed by atoms with Crippen LogP contribution in [-0.2, 0) is 11.0 Å². The lowest BCUT2D eigenvalue weighted by molar-refractivity contribution is -0.141. The van der Waals surface area contributed by atoms with Gasteiger partial charge in [-0.1, -0.05) is 11.8 Å². The first-order valence-corrected chi connectivity index (χ1v) is 12.3. The van der Waals surface area contributed by atoms with Gasteiger partial charge in [0.2, 0.25) is 5.91 Å². The highest BCUT2D eigenvalue weighted by atomic mass is 32.2. The maximum Gasteiger partial charge on any atom is 0.433 e. The number of rotatable bonds is 6. The molecule has 0 unspecified atom stereocenters. The Morgan fingerprint density at radius 1 is 1.03 bits per heavy atom. The van der Waals surface area contributed by atoms with Crippen LogP contribution in [0.25, 0.3) is 11.3 Å². The Morgan fingerprint density at radius 2 is 1.64 bits per heavy atom. The second kappa shape index (κ2) is 8.56. The van der Waals surface area contributed by atoms with Crippen LogP contribution >= 0.6 is 11.8 Å². The molecule has 1 aromatic carbocycles. The van der Waals surface area contributed by atoms with Crippen molar-refractivity contribution in [2.75, 3.05) is 12.3 Å². The average molecular weight is 480 g/mol. The predicted octanol–water partition coefficient (Wildman–Crippen LogP) is 5.73. The number of benzene rings is 1. The minimum atomic E-state index is -4.66. The molecule has 0 atom stereocenters. The first kappa shape index (κ1) is 22.6. The van der Waals surface area contributed by atoms with Crippen LogP contribution in [0.4, 0.5) is 17.6 Å². The molecule has 0 spiro atoms. The first-order chi connectivity index (χ1) is 15.7. The molecular formula is C24H25F4N3OS. The average Bonchev–Trinajstić information content (AvgIpc) is 2.75. The third-order valence-corrected chi connectivity index (χ3v) is 8.14. The van der Waals surface area contributed by atoms with Crippen LogP contribution in [0.3, 0.4) is 0 Å². The molecule has 4 aliphatic carbocycles. The molecule has 1 N–H and O–H groups in total. The summed E-state index contributed by atoms with van der Waals surface area (Å²) in [4.78, 5) is 20.3. The summed E-state index contributed by atoms with van der Waals surface area (Å²) in [6, 6.07) is 5.89. The monoisotopic (exact) mass is 479 g/mol. The molecule has 1 amide bonds. The van der Waals surface area contributed by atoms with Crippen LogP contribution in [0.1, 0.15) is 44.2 Å². The van der Waals surface area contributed by atoms with Gasteiger partial charge in [-0.3, -0.25) is 4.79 Å². The normalized spacial score (nSPS) is 28.2. The molecule has 33 heavy (non-hydrogen) atoms. The number of aromatic nitrogens is 2. The van der Waals surface area contributed by atoms with Gasteiger partial charge in [-0.25, -0.2) is 14.4 Å². The number of alkyl halides is 3. The van der Waals surface area contributed by atoms with Crippen LogP contribution < -0.4 is 5.32 Å². The molecule has 0 saturated heterocycles. The minimum absolute atomic E-state index is 0.0359. The molecule has 6 rings (SSSR count). The van der Waals surface area contributed by atoms with Gasteiger partial charge in [0, 0.05) is 12.1 Å². The number of carbonyl (C=O) groups excluding carboxylic acids is 1. The molecule has 9 heteroatoms. The number of halogens is 4. The Balaban J connectivity index is 1.24. The Morgan fingerprint density at radius 3 is 2.21 bits per heavy atom. The van der Waals surface area contributed by atoms with Crippen molar-refractivity contribution in [3.05, 3.63) is 41.8 Å². The van der Waals surface area contributed by atoms with Gasteiger partial charge in [0.25, 0.3) is 0 Å². The third-order valence-electron chi connectivity index (χ3n) is 7.29. The lowest BCUT2D eigenvalue weighted by Crippen LogP contribution is -2.51. The Kier molecular flexibility index (Phi) is 5.87. The summed E-state index contributed by atoms with van der Waals surface area (Å²) in [6.07, 6.45) is 2.83. The van der Waals surface area contributed by atoms with Crippen LogP contribution in [0.2, 0.25) is 0 Å². The van der Waals surface area contributed by atoms with Crippen molar-refractivity contribution in [2.24, 2.45) is 23.2 Å². The van der Waals surface area contributed by atoms with E-state index in [0.717, 1.165) is 47.7 Å². The molecule has 4 aliphatic rings. The van der Waals surface area contributed by atoms with E-state index < -0.39 is 17.7 Å². The molecule has 4 saturated carbocycles. The fraction of sp³-hybridized carbons (Fsp3) is 0.542. The summed E-state index contributed by atoms with van der Waals surface area (Å²) in [5, 5.41) is 2.90. The summed E-state index contributed by atoms with van der Waals surface area (Å²) in [5.41, 5.74) is -0.517. The molecule has 0 radical (unpaired) electrons. The van der Waals surface area contributed by atoms with E-state index in [0.29, 0.717) is 12.1 Å². The second-order valence-corrected chi connectivity index (χ2v) is 10.9. The van der Waals surface area contributed by atoms with Crippen LogP contribution in [-0.4, -0.2) is 28.2 Å². The highest BCUT2D eigenvalue weighted by molar-refractivity contribution is 7.99. The Hall–Kier alpha value is -2.16. The van der Waals surface area contributed by atoms with Gasteiger partial charge in [0.1, 0.15) is 11.5 Å². The molecule has 176 valence electrons. The van der Waals surface area contributed by atoms with E-state index in [-0.39, 0.29) is 27.9 Å². The quantitative estimate of drug-likeness (QED) is 0.327. The van der Waals surface area contributed by atoms with Crippen molar-refractivity contribution in [1.82, 2.24) is 15.3 Å². The number of nitrogens with zero attached hydrogens (tertiary/aromatic N) is 2. The third kappa shape index (κ3) is 5.03. The van der Waals surface area contributed by atoms with Gasteiger partial charge in [-0.15, -0.1) is 0 Å². The van der Waals surface area contributed by atoms with Gasteiger partial charge >= 0.3 is 6.18 Å². The number of nitrogens with one attached hydrogen (secondary N) is 1. The predicted molar refractivity (Wildman–Crippen MR) is 117 cm³/mol. The van der Waals surface area contributed by atoms with Gasteiger partial charge in [-0.05, 0) is 92.0 Å². The standard InChI is InChI=1S/C24H25F4N3OS/c25-18-3-1-17(2-4-18)19-8-20(24(26,27)28)31-22(30-19)33-12-21(32)29-13-23-9-14-5-15(10-23)7-16(6-14)11-23/h1-4,8,14-16H,5-7,9-13H2,(H,29,32). The fourth-order valence-electron chi connectivity index (χ4n) is 6.38. The highest BCUT2D eigenvalue weighted by Gasteiger charge is 2.50. The maximum atomic E-state index is 13.4. The van der Waals surface area contributed by atoms with Crippen LogP contribution in [0.15, 0.2) is 35.5 Å². The zero-order chi connectivity index (χ0) is 23.2. The highest BCUT2D eigenvalue weighted by Crippen LogP contribution is 2.59. The zero-order valence-corrected chi connectivity index (χ0v) is 18.8. The molecule has 1 heterocycles. The number of thioether (sulfide) groups is 1. The van der Waals surface area contributed by atoms with Crippen molar-refractivity contribution in [3.8, 4) is 11.3 Å². The summed E-state index contributed by atoms with van der Waals surface area (Å²) in [5.74, 6) is 1.58. The number of carbonyl (C=O) groups is 1. The van der Waals surface area contributed by atoms with E-state index in [2.05, 4.69) is 15.3 Å². The fourth-order valence-corrected chi connectivity index (χ4v) is 7.07. The molecule has 4 nitrogen and oxygen atoms in total. The van der Waals surface area contributed by atoms with E-state index >= 15 is 0 Å². The van der Waals surface area contributed by atoms with Crippen LogP contribution in [0, 0.1) is 29.0 Å². The van der Waals surface area contributed by atoms with Crippen molar-refractivity contribution in [1.29, 1.82) is 0 Å². The van der Waals surface area contributed by atoms with E-state index in [1.807, 2.05) is 0 Å². The topological polar surface area (TPSA) is 54.9 Å². The van der Waals surface area contributed by atoms with Gasteiger partial charge in [0.05, 0.1) is 11.4 Å². The largest absolute Gasteiger partial charge is 0.433 e. The minimum Gasteiger partial charge on any atom is -0.355 e. The Labute approximate surface area is 194 Å². The second-order valence-electron chi connectivity index (χ2n) is 9.91.